The summed E-state index contributed by atoms with van der Waals surface area (Å²) in [5.41, 5.74) is 3.43. The summed E-state index contributed by atoms with van der Waals surface area (Å²) in [6, 6.07) is 0. The second-order valence-corrected chi connectivity index (χ2v) is 14.7. The van der Waals surface area contributed by atoms with Crippen LogP contribution in [0.15, 0.2) is 11.1 Å². The molecular formula is C30H50O3. The van der Waals surface area contributed by atoms with Crippen LogP contribution in [0.25, 0.3) is 0 Å². The van der Waals surface area contributed by atoms with Crippen LogP contribution in [0.2, 0.25) is 0 Å². The lowest BCUT2D eigenvalue weighted by atomic mass is 9.43. The Labute approximate surface area is 202 Å². The third kappa shape index (κ3) is 3.10. The molecular weight excluding hydrogens is 408 g/mol. The summed E-state index contributed by atoms with van der Waals surface area (Å²) in [5.74, 6) is 1.45. The van der Waals surface area contributed by atoms with Crippen molar-refractivity contribution in [3.8, 4) is 0 Å². The molecule has 3 nitrogen and oxygen atoms in total. The largest absolute Gasteiger partial charge is 0.393 e. The van der Waals surface area contributed by atoms with Crippen molar-refractivity contribution in [3.05, 3.63) is 11.1 Å². The van der Waals surface area contributed by atoms with Crippen LogP contribution in [0.1, 0.15) is 113 Å². The van der Waals surface area contributed by atoms with Crippen molar-refractivity contribution in [1.29, 1.82) is 0 Å². The highest BCUT2D eigenvalue weighted by Gasteiger charge is 2.64. The molecule has 0 spiro atoms. The van der Waals surface area contributed by atoms with E-state index in [1.807, 2.05) is 13.8 Å². The van der Waals surface area contributed by atoms with Gasteiger partial charge in [0.2, 0.25) is 0 Å². The van der Waals surface area contributed by atoms with Crippen LogP contribution in [-0.4, -0.2) is 33.1 Å². The van der Waals surface area contributed by atoms with Crippen molar-refractivity contribution < 1.29 is 15.3 Å². The maximum absolute atomic E-state index is 11.3. The summed E-state index contributed by atoms with van der Waals surface area (Å²) in [5, 5.41) is 32.8. The Morgan fingerprint density at radius 1 is 0.788 bits per heavy atom. The molecule has 0 aromatic carbocycles. The average Bonchev–Trinajstić information content (AvgIpc) is 3.22. The highest BCUT2D eigenvalue weighted by Crippen LogP contribution is 2.73. The van der Waals surface area contributed by atoms with Crippen molar-refractivity contribution in [2.24, 2.45) is 45.3 Å². The fraction of sp³-hybridized carbons (Fsp3) is 0.933. The minimum absolute atomic E-state index is 0.00145. The number of allylic oxidation sites excluding steroid dienone is 2. The van der Waals surface area contributed by atoms with E-state index in [2.05, 4.69) is 34.6 Å². The van der Waals surface area contributed by atoms with Gasteiger partial charge < -0.3 is 15.3 Å². The van der Waals surface area contributed by atoms with Gasteiger partial charge in [0.25, 0.3) is 0 Å². The van der Waals surface area contributed by atoms with Gasteiger partial charge in [0, 0.05) is 5.92 Å². The smallest absolute Gasteiger partial charge is 0.0644 e. The van der Waals surface area contributed by atoms with Crippen LogP contribution < -0.4 is 0 Å². The zero-order valence-electron chi connectivity index (χ0n) is 22.4. The van der Waals surface area contributed by atoms with E-state index in [0.29, 0.717) is 17.8 Å². The van der Waals surface area contributed by atoms with Gasteiger partial charge in [-0.05, 0) is 117 Å². The van der Waals surface area contributed by atoms with Crippen LogP contribution in [0.5, 0.6) is 0 Å². The van der Waals surface area contributed by atoms with E-state index in [1.54, 1.807) is 11.1 Å². The lowest BCUT2D eigenvalue weighted by Crippen LogP contribution is -2.55. The molecule has 33 heavy (non-hydrogen) atoms. The molecule has 0 aliphatic heterocycles. The quantitative estimate of drug-likeness (QED) is 0.428. The van der Waals surface area contributed by atoms with Gasteiger partial charge in [0.1, 0.15) is 0 Å². The number of aliphatic hydroxyl groups is 3. The molecule has 3 fully saturated rings. The van der Waals surface area contributed by atoms with Crippen LogP contribution in [0.4, 0.5) is 0 Å². The SMILES string of the molecule is CC(C)(O)C1CCC([C@H]2CC[C@@]3(C)C4=C(CC[C@]23C)[C@@]2(C)CC[C@H](O)C(C)(C)C2CC4)C1O. The summed E-state index contributed by atoms with van der Waals surface area (Å²) < 4.78 is 0. The molecule has 3 N–H and O–H groups in total. The highest BCUT2D eigenvalue weighted by molar-refractivity contribution is 5.39. The predicted octanol–water partition coefficient (Wildman–Crippen LogP) is 6.25. The number of aliphatic hydroxyl groups excluding tert-OH is 2. The van der Waals surface area contributed by atoms with Crippen molar-refractivity contribution in [2.75, 3.05) is 0 Å². The molecule has 188 valence electrons. The Bertz CT molecular complexity index is 836. The standard InChI is InChI=1S/C30H50O3/c1-26(2)23-11-10-21-20(28(23,5)15-14-24(26)31)13-17-29(6)19(12-16-30(21,29)7)18-8-9-22(25(18)32)27(3,4)33/h18-19,22-25,31-33H,8-17H2,1-7H3/t18?,19-,22?,23?,24+,25?,28-,29-,30+/m1/s1. The van der Waals surface area contributed by atoms with E-state index in [4.69, 9.17) is 0 Å². The topological polar surface area (TPSA) is 60.7 Å². The Kier molecular flexibility index (Phi) is 5.40. The van der Waals surface area contributed by atoms with Crippen LogP contribution in [0, 0.1) is 45.3 Å². The molecule has 0 saturated heterocycles. The van der Waals surface area contributed by atoms with Gasteiger partial charge in [0.15, 0.2) is 0 Å². The molecule has 0 aromatic rings. The first kappa shape index (κ1) is 24.3. The molecule has 3 heteroatoms. The Morgan fingerprint density at radius 3 is 2.12 bits per heavy atom. The van der Waals surface area contributed by atoms with Gasteiger partial charge in [-0.1, -0.05) is 45.8 Å². The molecule has 0 heterocycles. The first-order valence-corrected chi connectivity index (χ1v) is 14.0. The summed E-state index contributed by atoms with van der Waals surface area (Å²) in [7, 11) is 0. The molecule has 0 aromatic heterocycles. The maximum Gasteiger partial charge on any atom is 0.0644 e. The molecule has 5 aliphatic carbocycles. The molecule has 4 unspecified atom stereocenters. The van der Waals surface area contributed by atoms with E-state index < -0.39 is 5.60 Å². The third-order valence-corrected chi connectivity index (χ3v) is 12.9. The summed E-state index contributed by atoms with van der Waals surface area (Å²) >= 11 is 0. The fourth-order valence-corrected chi connectivity index (χ4v) is 10.6. The second-order valence-electron chi connectivity index (χ2n) is 14.7. The summed E-state index contributed by atoms with van der Waals surface area (Å²) in [6.07, 6.45) is 10.8. The van der Waals surface area contributed by atoms with Crippen molar-refractivity contribution in [1.82, 2.24) is 0 Å². The first-order chi connectivity index (χ1) is 15.2. The highest BCUT2D eigenvalue weighted by atomic mass is 16.3. The van der Waals surface area contributed by atoms with Gasteiger partial charge in [-0.3, -0.25) is 0 Å². The minimum atomic E-state index is -0.801. The maximum atomic E-state index is 11.3. The molecule has 0 amide bonds. The van der Waals surface area contributed by atoms with Gasteiger partial charge in [0.05, 0.1) is 17.8 Å². The lowest BCUT2D eigenvalue weighted by Gasteiger charge is -2.62. The van der Waals surface area contributed by atoms with Crippen LogP contribution in [-0.2, 0) is 0 Å². The second kappa shape index (κ2) is 7.32. The van der Waals surface area contributed by atoms with Crippen molar-refractivity contribution >= 4 is 0 Å². The van der Waals surface area contributed by atoms with E-state index in [9.17, 15) is 15.3 Å². The van der Waals surface area contributed by atoms with E-state index in [1.165, 1.54) is 38.5 Å². The van der Waals surface area contributed by atoms with E-state index >= 15 is 0 Å². The van der Waals surface area contributed by atoms with Gasteiger partial charge in [-0.2, -0.15) is 0 Å². The molecule has 3 saturated carbocycles. The zero-order chi connectivity index (χ0) is 24.2. The van der Waals surface area contributed by atoms with Crippen LogP contribution in [0.3, 0.4) is 0 Å². The third-order valence-electron chi connectivity index (χ3n) is 12.9. The molecule has 0 radical (unpaired) electrons. The minimum Gasteiger partial charge on any atom is -0.393 e. The predicted molar refractivity (Wildman–Crippen MR) is 134 cm³/mol. The van der Waals surface area contributed by atoms with Gasteiger partial charge in [-0.25, -0.2) is 0 Å². The number of hydrogen-bond donors (Lipinski definition) is 3. The summed E-state index contributed by atoms with van der Waals surface area (Å²) in [4.78, 5) is 0. The zero-order valence-corrected chi connectivity index (χ0v) is 22.4. The Hall–Kier alpha value is -0.380. The molecule has 0 bridgehead atoms. The fourth-order valence-electron chi connectivity index (χ4n) is 10.6. The normalized spacial score (nSPS) is 51.8. The van der Waals surface area contributed by atoms with Crippen molar-refractivity contribution in [3.63, 3.8) is 0 Å². The van der Waals surface area contributed by atoms with Crippen LogP contribution >= 0.6 is 0 Å². The van der Waals surface area contributed by atoms with Gasteiger partial charge >= 0.3 is 0 Å². The number of rotatable bonds is 2. The first-order valence-electron chi connectivity index (χ1n) is 14.0. The Balaban J connectivity index is 1.49. The average molecular weight is 459 g/mol. The monoisotopic (exact) mass is 458 g/mol. The lowest BCUT2D eigenvalue weighted by molar-refractivity contribution is -0.0981. The molecule has 5 aliphatic rings. The number of fused-ring (bicyclic) bond motifs is 4. The van der Waals surface area contributed by atoms with Crippen molar-refractivity contribution in [2.45, 2.75) is 130 Å². The number of hydrogen-bond acceptors (Lipinski definition) is 3. The summed E-state index contributed by atoms with van der Waals surface area (Å²) in [6.45, 7) is 16.0. The molecule has 5 rings (SSSR count). The molecule has 9 atom stereocenters. The Morgan fingerprint density at radius 2 is 1.48 bits per heavy atom. The van der Waals surface area contributed by atoms with Gasteiger partial charge in [-0.15, -0.1) is 0 Å². The van der Waals surface area contributed by atoms with E-state index in [-0.39, 0.29) is 39.8 Å². The van der Waals surface area contributed by atoms with E-state index in [0.717, 1.165) is 25.7 Å².